The first-order valence-corrected chi connectivity index (χ1v) is 8.89. The molecule has 0 fully saturated rings. The lowest BCUT2D eigenvalue weighted by Crippen LogP contribution is -2.03. The number of H-pyrrole nitrogens is 1. The van der Waals surface area contributed by atoms with E-state index >= 15 is 0 Å². The van der Waals surface area contributed by atoms with E-state index in [1.165, 1.54) is 0 Å². The maximum atomic E-state index is 5.46. The molecule has 0 aliphatic carbocycles. The third-order valence-electron chi connectivity index (χ3n) is 4.46. The predicted octanol–water partition coefficient (Wildman–Crippen LogP) is 3.41. The minimum Gasteiger partial charge on any atom is -0.493 e. The van der Waals surface area contributed by atoms with Crippen molar-refractivity contribution in [2.45, 2.75) is 6.54 Å². The molecule has 0 unspecified atom stereocenters. The first-order valence-electron chi connectivity index (χ1n) is 8.48. The standard InChI is InChI=1S/C19H19N3O5S/c1-23-15-7-12(8-16(24-2)17(15)25-3)18-20-21-19(28)22(18)9-11-4-5-13-14(6-11)27-10-26-13/h4-8H,9-10H2,1-3H3,(H,21,28). The molecule has 0 saturated carbocycles. The molecule has 0 spiro atoms. The average molecular weight is 401 g/mol. The maximum Gasteiger partial charge on any atom is 0.231 e. The van der Waals surface area contributed by atoms with Gasteiger partial charge in [0.25, 0.3) is 0 Å². The van der Waals surface area contributed by atoms with Crippen molar-refractivity contribution < 1.29 is 23.7 Å². The van der Waals surface area contributed by atoms with E-state index in [1.54, 1.807) is 21.3 Å². The van der Waals surface area contributed by atoms with Gasteiger partial charge in [0.1, 0.15) is 0 Å². The Bertz CT molecular complexity index is 1050. The van der Waals surface area contributed by atoms with E-state index in [2.05, 4.69) is 10.2 Å². The Hall–Kier alpha value is -3.20. The molecular formula is C19H19N3O5S. The Morgan fingerprint density at radius 2 is 1.75 bits per heavy atom. The van der Waals surface area contributed by atoms with Gasteiger partial charge in [0.15, 0.2) is 33.6 Å². The van der Waals surface area contributed by atoms with Crippen LogP contribution >= 0.6 is 12.2 Å². The molecule has 1 aliphatic rings. The SMILES string of the molecule is COc1cc(-c2n[nH]c(=S)n2Cc2ccc3c(c2)OCO3)cc(OC)c1OC. The highest BCUT2D eigenvalue weighted by Gasteiger charge is 2.19. The fraction of sp³-hybridized carbons (Fsp3) is 0.263. The van der Waals surface area contributed by atoms with Gasteiger partial charge in [0.05, 0.1) is 27.9 Å². The lowest BCUT2D eigenvalue weighted by molar-refractivity contribution is 0.174. The molecule has 4 rings (SSSR count). The Kier molecular flexibility index (Phi) is 4.82. The minimum atomic E-state index is 0.237. The second-order valence-electron chi connectivity index (χ2n) is 6.04. The normalized spacial score (nSPS) is 12.1. The summed E-state index contributed by atoms with van der Waals surface area (Å²) in [6.45, 7) is 0.749. The van der Waals surface area contributed by atoms with E-state index in [9.17, 15) is 0 Å². The molecule has 1 aliphatic heterocycles. The molecule has 0 amide bonds. The van der Waals surface area contributed by atoms with Crippen LogP contribution in [-0.2, 0) is 6.54 Å². The van der Waals surface area contributed by atoms with Crippen molar-refractivity contribution in [3.63, 3.8) is 0 Å². The summed E-state index contributed by atoms with van der Waals surface area (Å²) < 4.78 is 29.5. The van der Waals surface area contributed by atoms with E-state index in [4.69, 9.17) is 35.9 Å². The van der Waals surface area contributed by atoms with Gasteiger partial charge in [0.2, 0.25) is 12.5 Å². The van der Waals surface area contributed by atoms with Crippen molar-refractivity contribution in [3.8, 4) is 40.1 Å². The van der Waals surface area contributed by atoms with Gasteiger partial charge in [-0.05, 0) is 42.0 Å². The number of methoxy groups -OCH3 is 3. The number of ether oxygens (including phenoxy) is 5. The molecule has 1 N–H and O–H groups in total. The number of aromatic amines is 1. The van der Waals surface area contributed by atoms with Crippen LogP contribution in [-0.4, -0.2) is 42.9 Å². The second-order valence-corrected chi connectivity index (χ2v) is 6.43. The van der Waals surface area contributed by atoms with E-state index in [1.807, 2.05) is 34.9 Å². The summed E-state index contributed by atoms with van der Waals surface area (Å²) in [5.41, 5.74) is 1.79. The summed E-state index contributed by atoms with van der Waals surface area (Å²) in [7, 11) is 4.71. The van der Waals surface area contributed by atoms with Crippen LogP contribution in [0, 0.1) is 4.77 Å². The molecule has 1 aromatic heterocycles. The molecule has 0 radical (unpaired) electrons. The lowest BCUT2D eigenvalue weighted by atomic mass is 10.1. The number of hydrogen-bond donors (Lipinski definition) is 1. The number of rotatable bonds is 6. The largest absolute Gasteiger partial charge is 0.493 e. The third kappa shape index (κ3) is 3.13. The van der Waals surface area contributed by atoms with Gasteiger partial charge in [-0.15, -0.1) is 0 Å². The number of nitrogens with one attached hydrogen (secondary N) is 1. The second kappa shape index (κ2) is 7.43. The zero-order chi connectivity index (χ0) is 19.7. The van der Waals surface area contributed by atoms with Gasteiger partial charge < -0.3 is 23.7 Å². The van der Waals surface area contributed by atoms with E-state index in [0.29, 0.717) is 34.4 Å². The molecule has 146 valence electrons. The quantitative estimate of drug-likeness (QED) is 0.634. The molecule has 2 aromatic carbocycles. The highest BCUT2D eigenvalue weighted by atomic mass is 32.1. The minimum absolute atomic E-state index is 0.237. The summed E-state index contributed by atoms with van der Waals surface area (Å²) in [6.07, 6.45) is 0. The van der Waals surface area contributed by atoms with Crippen LogP contribution in [0.15, 0.2) is 30.3 Å². The van der Waals surface area contributed by atoms with Crippen molar-refractivity contribution in [3.05, 3.63) is 40.7 Å². The summed E-state index contributed by atoms with van der Waals surface area (Å²) >= 11 is 5.44. The summed E-state index contributed by atoms with van der Waals surface area (Å²) in [4.78, 5) is 0. The highest BCUT2D eigenvalue weighted by Crippen LogP contribution is 2.41. The first kappa shape index (κ1) is 18.2. The average Bonchev–Trinajstić information content (AvgIpc) is 3.33. The van der Waals surface area contributed by atoms with Gasteiger partial charge in [0, 0.05) is 5.56 Å². The van der Waals surface area contributed by atoms with Crippen molar-refractivity contribution in [2.24, 2.45) is 0 Å². The highest BCUT2D eigenvalue weighted by molar-refractivity contribution is 7.71. The number of nitrogens with zero attached hydrogens (tertiary/aromatic N) is 2. The van der Waals surface area contributed by atoms with Gasteiger partial charge in [-0.1, -0.05) is 6.07 Å². The molecule has 8 nitrogen and oxygen atoms in total. The topological polar surface area (TPSA) is 79.8 Å². The molecule has 0 atom stereocenters. The third-order valence-corrected chi connectivity index (χ3v) is 4.77. The van der Waals surface area contributed by atoms with Crippen LogP contribution < -0.4 is 23.7 Å². The lowest BCUT2D eigenvalue weighted by Gasteiger charge is -2.14. The Morgan fingerprint density at radius 1 is 1.04 bits per heavy atom. The molecule has 2 heterocycles. The summed E-state index contributed by atoms with van der Waals surface area (Å²) in [5.74, 6) is 3.72. The van der Waals surface area contributed by atoms with Crippen LogP contribution in [0.25, 0.3) is 11.4 Å². The molecule has 0 saturated heterocycles. The van der Waals surface area contributed by atoms with Gasteiger partial charge in [-0.2, -0.15) is 5.10 Å². The molecule has 0 bridgehead atoms. The van der Waals surface area contributed by atoms with E-state index in [0.717, 1.165) is 22.6 Å². The Balaban J connectivity index is 1.76. The fourth-order valence-electron chi connectivity index (χ4n) is 3.12. The van der Waals surface area contributed by atoms with E-state index in [-0.39, 0.29) is 6.79 Å². The molecular weight excluding hydrogens is 382 g/mol. The zero-order valence-corrected chi connectivity index (χ0v) is 16.5. The van der Waals surface area contributed by atoms with Crippen molar-refractivity contribution in [2.75, 3.05) is 28.1 Å². The monoisotopic (exact) mass is 401 g/mol. The van der Waals surface area contributed by atoms with Crippen LogP contribution in [0.4, 0.5) is 0 Å². The first-order chi connectivity index (χ1) is 13.6. The maximum absolute atomic E-state index is 5.46. The fourth-order valence-corrected chi connectivity index (χ4v) is 3.31. The summed E-state index contributed by atoms with van der Waals surface area (Å²) in [6, 6.07) is 9.47. The summed E-state index contributed by atoms with van der Waals surface area (Å²) in [5, 5.41) is 7.26. The van der Waals surface area contributed by atoms with Crippen molar-refractivity contribution >= 4 is 12.2 Å². The smallest absolute Gasteiger partial charge is 0.231 e. The van der Waals surface area contributed by atoms with Gasteiger partial charge in [-0.25, -0.2) is 0 Å². The zero-order valence-electron chi connectivity index (χ0n) is 15.6. The van der Waals surface area contributed by atoms with Crippen molar-refractivity contribution in [1.82, 2.24) is 14.8 Å². The number of benzene rings is 2. The Labute approximate surface area is 166 Å². The molecule has 3 aromatic rings. The number of fused-ring (bicyclic) bond motifs is 1. The number of hydrogen-bond acceptors (Lipinski definition) is 7. The van der Waals surface area contributed by atoms with Gasteiger partial charge >= 0.3 is 0 Å². The van der Waals surface area contributed by atoms with Crippen LogP contribution in [0.5, 0.6) is 28.7 Å². The van der Waals surface area contributed by atoms with Crippen LogP contribution in [0.1, 0.15) is 5.56 Å². The number of aromatic nitrogens is 3. The molecule has 28 heavy (non-hydrogen) atoms. The van der Waals surface area contributed by atoms with Gasteiger partial charge in [-0.3, -0.25) is 9.67 Å². The predicted molar refractivity (Wildman–Crippen MR) is 104 cm³/mol. The van der Waals surface area contributed by atoms with Crippen LogP contribution in [0.3, 0.4) is 0 Å². The van der Waals surface area contributed by atoms with Crippen LogP contribution in [0.2, 0.25) is 0 Å². The Morgan fingerprint density at radius 3 is 2.43 bits per heavy atom. The molecule has 9 heteroatoms. The van der Waals surface area contributed by atoms with E-state index < -0.39 is 0 Å². The van der Waals surface area contributed by atoms with Crippen molar-refractivity contribution in [1.29, 1.82) is 0 Å².